The Morgan fingerprint density at radius 3 is 1.92 bits per heavy atom. The summed E-state index contributed by atoms with van der Waals surface area (Å²) in [6, 6.07) is 20.4. The highest BCUT2D eigenvalue weighted by molar-refractivity contribution is 6.99. The predicted octanol–water partition coefficient (Wildman–Crippen LogP) is 5.53. The van der Waals surface area contributed by atoms with Crippen LogP contribution >= 0.6 is 0 Å². The third-order valence-electron chi connectivity index (χ3n) is 7.22. The molecule has 2 aromatic rings. The van der Waals surface area contributed by atoms with Crippen LogP contribution in [-0.4, -0.2) is 55.7 Å². The fourth-order valence-corrected chi connectivity index (χ4v) is 10.2. The van der Waals surface area contributed by atoms with E-state index in [2.05, 4.69) is 69.3 Å². The zero-order valence-corrected chi connectivity index (χ0v) is 25.5. The van der Waals surface area contributed by atoms with Crippen molar-refractivity contribution in [3.05, 3.63) is 60.7 Å². The number of rotatable bonds is 8. The van der Waals surface area contributed by atoms with E-state index >= 15 is 0 Å². The van der Waals surface area contributed by atoms with Gasteiger partial charge in [-0.05, 0) is 55.9 Å². The van der Waals surface area contributed by atoms with Crippen molar-refractivity contribution in [1.29, 1.82) is 0 Å². The van der Waals surface area contributed by atoms with Gasteiger partial charge in [0.25, 0.3) is 8.32 Å². The summed E-state index contributed by atoms with van der Waals surface area (Å²) in [7, 11) is -2.86. The molecule has 38 heavy (non-hydrogen) atoms. The maximum Gasteiger partial charge on any atom is 0.412 e. The average Bonchev–Trinajstić information content (AvgIpc) is 3.09. The number of hydrogen-bond acceptors (Lipinski definition) is 5. The third kappa shape index (κ3) is 6.21. The van der Waals surface area contributed by atoms with E-state index in [1.807, 2.05) is 53.7 Å². The maximum absolute atomic E-state index is 13.6. The highest BCUT2D eigenvalue weighted by Crippen LogP contribution is 2.41. The molecule has 0 aliphatic carbocycles. The summed E-state index contributed by atoms with van der Waals surface area (Å²) in [6.45, 7) is 18.2. The van der Waals surface area contributed by atoms with Crippen molar-refractivity contribution in [2.75, 3.05) is 6.61 Å². The highest BCUT2D eigenvalue weighted by atomic mass is 28.4. The van der Waals surface area contributed by atoms with Crippen LogP contribution in [0.5, 0.6) is 0 Å². The summed E-state index contributed by atoms with van der Waals surface area (Å²) in [5.74, 6) is -0.105. The number of benzene rings is 2. The first-order valence-electron chi connectivity index (χ1n) is 13.5. The Kier molecular flexibility index (Phi) is 8.96. The van der Waals surface area contributed by atoms with Gasteiger partial charge >= 0.3 is 6.09 Å². The Morgan fingerprint density at radius 2 is 1.50 bits per heavy atom. The number of nitrogens with zero attached hydrogens (tertiary/aromatic N) is 1. The largest absolute Gasteiger partial charge is 0.444 e. The lowest BCUT2D eigenvalue weighted by Crippen LogP contribution is -2.67. The molecule has 1 fully saturated rings. The number of ether oxygens (including phenoxy) is 2. The molecule has 0 aromatic heterocycles. The average molecular weight is 540 g/mol. The van der Waals surface area contributed by atoms with Crippen LogP contribution in [0.1, 0.15) is 68.7 Å². The molecular formula is C31H45NO5Si. The van der Waals surface area contributed by atoms with Crippen molar-refractivity contribution in [2.45, 2.75) is 97.2 Å². The molecule has 1 aliphatic rings. The quantitative estimate of drug-likeness (QED) is 0.326. The molecule has 3 rings (SSSR count). The second-order valence-electron chi connectivity index (χ2n) is 12.8. The molecule has 1 amide bonds. The lowest BCUT2D eigenvalue weighted by molar-refractivity contribution is -0.112. The van der Waals surface area contributed by atoms with Gasteiger partial charge in [-0.2, -0.15) is 0 Å². The minimum Gasteiger partial charge on any atom is -0.444 e. The molecule has 1 heterocycles. The SMILES string of the molecule is C[C@H](CC=O)[C@H]1OC(C)(C)N(C(=O)OC(C)(C)C)[C@@H]1CO[Si](c1ccccc1)(c1ccccc1)C(C)(C)C. The van der Waals surface area contributed by atoms with E-state index < -0.39 is 31.8 Å². The van der Waals surface area contributed by atoms with Gasteiger partial charge in [0.1, 0.15) is 17.6 Å². The van der Waals surface area contributed by atoms with Crippen molar-refractivity contribution in [3.8, 4) is 0 Å². The molecule has 1 saturated heterocycles. The topological polar surface area (TPSA) is 65.1 Å². The molecule has 0 saturated carbocycles. The summed E-state index contributed by atoms with van der Waals surface area (Å²) in [5, 5.41) is 2.11. The lowest BCUT2D eigenvalue weighted by atomic mass is 9.95. The summed E-state index contributed by atoms with van der Waals surface area (Å²) < 4.78 is 19.6. The first kappa shape index (κ1) is 30.1. The molecular weight excluding hydrogens is 494 g/mol. The third-order valence-corrected chi connectivity index (χ3v) is 12.2. The van der Waals surface area contributed by atoms with Crippen LogP contribution in [0.4, 0.5) is 4.79 Å². The standard InChI is InChI=1S/C31H45NO5Si/c1-23(20-21-33)27-26(32(31(8,9)36-27)28(34)37-29(2,3)4)22-35-38(30(5,6)7,24-16-12-10-13-17-24)25-18-14-11-15-19-25/h10-19,21,23,26-27H,20,22H2,1-9H3/t23-,26-,27-/m1/s1. The van der Waals surface area contributed by atoms with Crippen LogP contribution in [0, 0.1) is 5.92 Å². The molecule has 0 radical (unpaired) electrons. The maximum atomic E-state index is 13.6. The molecule has 0 N–H and O–H groups in total. The molecule has 0 unspecified atom stereocenters. The number of carbonyl (C=O) groups excluding carboxylic acids is 2. The number of aldehydes is 1. The van der Waals surface area contributed by atoms with E-state index in [1.54, 1.807) is 4.90 Å². The first-order chi connectivity index (χ1) is 17.6. The van der Waals surface area contributed by atoms with E-state index in [1.165, 1.54) is 0 Å². The Balaban J connectivity index is 2.12. The van der Waals surface area contributed by atoms with Crippen molar-refractivity contribution < 1.29 is 23.5 Å². The summed E-state index contributed by atoms with van der Waals surface area (Å²) in [5.41, 5.74) is -1.59. The molecule has 7 heteroatoms. The molecule has 208 valence electrons. The van der Waals surface area contributed by atoms with Gasteiger partial charge in [0.05, 0.1) is 18.8 Å². The van der Waals surface area contributed by atoms with Gasteiger partial charge in [0.2, 0.25) is 0 Å². The van der Waals surface area contributed by atoms with E-state index in [-0.39, 0.29) is 23.7 Å². The number of hydrogen-bond donors (Lipinski definition) is 0. The second kappa shape index (κ2) is 11.3. The van der Waals surface area contributed by atoms with Gasteiger partial charge in [-0.3, -0.25) is 4.90 Å². The van der Waals surface area contributed by atoms with Gasteiger partial charge < -0.3 is 18.7 Å². The summed E-state index contributed by atoms with van der Waals surface area (Å²) >= 11 is 0. The van der Waals surface area contributed by atoms with E-state index in [4.69, 9.17) is 13.9 Å². The number of carbonyl (C=O) groups is 2. The van der Waals surface area contributed by atoms with Gasteiger partial charge in [0.15, 0.2) is 0 Å². The van der Waals surface area contributed by atoms with Crippen LogP contribution in [-0.2, 0) is 18.7 Å². The van der Waals surface area contributed by atoms with E-state index in [9.17, 15) is 9.59 Å². The molecule has 6 nitrogen and oxygen atoms in total. The van der Waals surface area contributed by atoms with Crippen LogP contribution in [0.15, 0.2) is 60.7 Å². The minimum absolute atomic E-state index is 0.105. The van der Waals surface area contributed by atoms with E-state index in [0.717, 1.165) is 16.7 Å². The Labute approximate surface area is 229 Å². The second-order valence-corrected chi connectivity index (χ2v) is 17.1. The van der Waals surface area contributed by atoms with Crippen LogP contribution in [0.2, 0.25) is 5.04 Å². The zero-order valence-electron chi connectivity index (χ0n) is 24.5. The van der Waals surface area contributed by atoms with E-state index in [0.29, 0.717) is 6.42 Å². The van der Waals surface area contributed by atoms with Crippen molar-refractivity contribution in [1.82, 2.24) is 4.90 Å². The monoisotopic (exact) mass is 539 g/mol. The summed E-state index contributed by atoms with van der Waals surface area (Å²) in [6.07, 6.45) is 0.413. The Hall–Kier alpha value is -2.48. The molecule has 1 aliphatic heterocycles. The van der Waals surface area contributed by atoms with Crippen LogP contribution < -0.4 is 10.4 Å². The van der Waals surface area contributed by atoms with Gasteiger partial charge in [-0.1, -0.05) is 88.4 Å². The van der Waals surface area contributed by atoms with Crippen LogP contribution in [0.25, 0.3) is 0 Å². The Morgan fingerprint density at radius 1 is 1.00 bits per heavy atom. The van der Waals surface area contributed by atoms with Gasteiger partial charge in [-0.15, -0.1) is 0 Å². The Bertz CT molecular complexity index is 1040. The molecule has 3 atom stereocenters. The first-order valence-corrected chi connectivity index (χ1v) is 15.4. The summed E-state index contributed by atoms with van der Waals surface area (Å²) in [4.78, 5) is 26.7. The molecule has 0 spiro atoms. The van der Waals surface area contributed by atoms with Crippen LogP contribution in [0.3, 0.4) is 0 Å². The number of amides is 1. The molecule has 0 bridgehead atoms. The zero-order chi connectivity index (χ0) is 28.4. The van der Waals surface area contributed by atoms with Gasteiger partial charge in [-0.25, -0.2) is 4.79 Å². The predicted molar refractivity (Wildman–Crippen MR) is 154 cm³/mol. The fraction of sp³-hybridized carbons (Fsp3) is 0.548. The van der Waals surface area contributed by atoms with Crippen molar-refractivity contribution >= 4 is 31.1 Å². The normalized spacial score (nSPS) is 20.7. The smallest absolute Gasteiger partial charge is 0.412 e. The minimum atomic E-state index is -2.86. The molecule has 2 aromatic carbocycles. The van der Waals surface area contributed by atoms with Crippen molar-refractivity contribution in [2.24, 2.45) is 5.92 Å². The highest BCUT2D eigenvalue weighted by Gasteiger charge is 2.56. The van der Waals surface area contributed by atoms with Crippen molar-refractivity contribution in [3.63, 3.8) is 0 Å². The fourth-order valence-electron chi connectivity index (χ4n) is 5.60. The van der Waals surface area contributed by atoms with Gasteiger partial charge in [0, 0.05) is 6.42 Å². The lowest BCUT2D eigenvalue weighted by Gasteiger charge is -2.44.